The number of hydrogen-bond donors (Lipinski definition) is 1. The van der Waals surface area contributed by atoms with Gasteiger partial charge in [0.25, 0.3) is 0 Å². The van der Waals surface area contributed by atoms with Gasteiger partial charge in [-0.2, -0.15) is 0 Å². The van der Waals surface area contributed by atoms with E-state index >= 15 is 0 Å². The van der Waals surface area contributed by atoms with Gasteiger partial charge in [0.1, 0.15) is 0 Å². The van der Waals surface area contributed by atoms with Crippen LogP contribution >= 0.6 is 12.4 Å². The van der Waals surface area contributed by atoms with Crippen LogP contribution < -0.4 is 14.8 Å². The lowest BCUT2D eigenvalue weighted by Crippen LogP contribution is -2.45. The molecule has 1 aliphatic carbocycles. The zero-order chi connectivity index (χ0) is 15.2. The highest BCUT2D eigenvalue weighted by atomic mass is 35.5. The number of piperazine rings is 1. The van der Waals surface area contributed by atoms with E-state index in [1.54, 1.807) is 12.1 Å². The number of halogens is 3. The van der Waals surface area contributed by atoms with Gasteiger partial charge in [-0.15, -0.1) is 21.2 Å². The van der Waals surface area contributed by atoms with Gasteiger partial charge in [0, 0.05) is 32.2 Å². The minimum absolute atomic E-state index is 0. The quantitative estimate of drug-likeness (QED) is 0.908. The minimum Gasteiger partial charge on any atom is -0.395 e. The molecule has 1 aromatic rings. The number of benzene rings is 1. The van der Waals surface area contributed by atoms with Crippen molar-refractivity contribution in [1.82, 2.24) is 10.2 Å². The molecule has 4 nitrogen and oxygen atoms in total. The van der Waals surface area contributed by atoms with Gasteiger partial charge in [-0.25, -0.2) is 0 Å². The van der Waals surface area contributed by atoms with Crippen LogP contribution in [0.1, 0.15) is 30.9 Å². The van der Waals surface area contributed by atoms with Crippen molar-refractivity contribution in [2.75, 3.05) is 26.2 Å². The van der Waals surface area contributed by atoms with E-state index in [-0.39, 0.29) is 29.9 Å². The van der Waals surface area contributed by atoms with E-state index in [2.05, 4.69) is 19.7 Å². The van der Waals surface area contributed by atoms with Crippen molar-refractivity contribution in [2.24, 2.45) is 5.92 Å². The van der Waals surface area contributed by atoms with E-state index in [9.17, 15) is 8.78 Å². The van der Waals surface area contributed by atoms with Crippen molar-refractivity contribution in [1.29, 1.82) is 0 Å². The fourth-order valence-electron chi connectivity index (χ4n) is 3.33. The van der Waals surface area contributed by atoms with Crippen LogP contribution in [0.4, 0.5) is 8.78 Å². The first-order chi connectivity index (χ1) is 10.6. The molecule has 128 valence electrons. The molecular weight excluding hydrogens is 326 g/mol. The SMILES string of the molecule is Cl.FC1(F)Oc2ccc([C@H](CC3CC3)N3CCNCC3)cc2O1. The van der Waals surface area contributed by atoms with Crippen molar-refractivity contribution in [3.63, 3.8) is 0 Å². The summed E-state index contributed by atoms with van der Waals surface area (Å²) in [7, 11) is 0. The average molecular weight is 347 g/mol. The van der Waals surface area contributed by atoms with Crippen LogP contribution in [0.2, 0.25) is 0 Å². The zero-order valence-electron chi connectivity index (χ0n) is 12.8. The maximum atomic E-state index is 13.2. The number of nitrogens with one attached hydrogen (secondary N) is 1. The molecule has 0 spiro atoms. The molecule has 3 aliphatic rings. The molecule has 4 rings (SSSR count). The van der Waals surface area contributed by atoms with E-state index < -0.39 is 6.29 Å². The molecule has 2 aliphatic heterocycles. The van der Waals surface area contributed by atoms with Crippen molar-refractivity contribution >= 4 is 12.4 Å². The molecule has 1 saturated heterocycles. The summed E-state index contributed by atoms with van der Waals surface area (Å²) in [5.41, 5.74) is 1.05. The Bertz CT molecular complexity index is 563. The minimum atomic E-state index is -3.54. The Hall–Kier alpha value is -1.11. The van der Waals surface area contributed by atoms with Gasteiger partial charge >= 0.3 is 6.29 Å². The summed E-state index contributed by atoms with van der Waals surface area (Å²) < 4.78 is 35.5. The molecule has 1 N–H and O–H groups in total. The van der Waals surface area contributed by atoms with Crippen LogP contribution in [0.25, 0.3) is 0 Å². The predicted molar refractivity (Wildman–Crippen MR) is 84.4 cm³/mol. The Morgan fingerprint density at radius 3 is 2.57 bits per heavy atom. The summed E-state index contributed by atoms with van der Waals surface area (Å²) in [5, 5.41) is 3.36. The lowest BCUT2D eigenvalue weighted by molar-refractivity contribution is -0.286. The van der Waals surface area contributed by atoms with E-state index in [0.29, 0.717) is 0 Å². The van der Waals surface area contributed by atoms with Gasteiger partial charge in [0.15, 0.2) is 11.5 Å². The fraction of sp³-hybridized carbons (Fsp3) is 0.625. The van der Waals surface area contributed by atoms with E-state index in [1.807, 2.05) is 6.07 Å². The van der Waals surface area contributed by atoms with Crippen LogP contribution in [0.5, 0.6) is 11.5 Å². The Balaban J connectivity index is 0.00000156. The molecule has 0 amide bonds. The Labute approximate surface area is 140 Å². The number of alkyl halides is 2. The van der Waals surface area contributed by atoms with Crippen LogP contribution in [-0.2, 0) is 0 Å². The monoisotopic (exact) mass is 346 g/mol. The normalized spacial score (nSPS) is 24.1. The first-order valence-corrected chi connectivity index (χ1v) is 7.95. The van der Waals surface area contributed by atoms with E-state index in [0.717, 1.165) is 44.1 Å². The second kappa shape index (κ2) is 6.42. The molecule has 1 atom stereocenters. The molecule has 0 aromatic heterocycles. The highest BCUT2D eigenvalue weighted by Crippen LogP contribution is 2.45. The topological polar surface area (TPSA) is 33.7 Å². The molecule has 0 radical (unpaired) electrons. The zero-order valence-corrected chi connectivity index (χ0v) is 13.6. The number of ether oxygens (including phenoxy) is 2. The maximum Gasteiger partial charge on any atom is 0.586 e. The molecule has 0 bridgehead atoms. The van der Waals surface area contributed by atoms with Crippen molar-refractivity contribution in [2.45, 2.75) is 31.6 Å². The predicted octanol–water partition coefficient (Wildman–Crippen LogP) is 3.18. The summed E-state index contributed by atoms with van der Waals surface area (Å²) in [6.07, 6.45) is 0.119. The highest BCUT2D eigenvalue weighted by molar-refractivity contribution is 5.85. The summed E-state index contributed by atoms with van der Waals surface area (Å²) in [4.78, 5) is 2.45. The third-order valence-corrected chi connectivity index (χ3v) is 4.66. The number of hydrogen-bond acceptors (Lipinski definition) is 4. The molecule has 2 fully saturated rings. The molecule has 7 heteroatoms. The second-order valence-electron chi connectivity index (χ2n) is 6.35. The largest absolute Gasteiger partial charge is 0.586 e. The molecule has 1 saturated carbocycles. The van der Waals surface area contributed by atoms with Crippen LogP contribution in [0.3, 0.4) is 0 Å². The lowest BCUT2D eigenvalue weighted by atomic mass is 9.98. The van der Waals surface area contributed by atoms with Crippen LogP contribution in [0.15, 0.2) is 18.2 Å². The van der Waals surface area contributed by atoms with Crippen molar-refractivity contribution < 1.29 is 18.3 Å². The second-order valence-corrected chi connectivity index (χ2v) is 6.35. The van der Waals surface area contributed by atoms with Gasteiger partial charge in [0.2, 0.25) is 0 Å². The molecule has 0 unspecified atom stereocenters. The lowest BCUT2D eigenvalue weighted by Gasteiger charge is -2.35. The average Bonchev–Trinajstić information content (AvgIpc) is 3.26. The summed E-state index contributed by atoms with van der Waals surface area (Å²) in [6.45, 7) is 3.93. The fourth-order valence-corrected chi connectivity index (χ4v) is 3.33. The Morgan fingerprint density at radius 1 is 1.17 bits per heavy atom. The highest BCUT2D eigenvalue weighted by Gasteiger charge is 2.43. The van der Waals surface area contributed by atoms with Crippen molar-refractivity contribution in [3.8, 4) is 11.5 Å². The van der Waals surface area contributed by atoms with Crippen LogP contribution in [0, 0.1) is 5.92 Å². The number of nitrogens with zero attached hydrogens (tertiary/aromatic N) is 1. The Morgan fingerprint density at radius 2 is 1.87 bits per heavy atom. The Kier molecular flexibility index (Phi) is 4.67. The first kappa shape index (κ1) is 16.7. The summed E-state index contributed by atoms with van der Waals surface area (Å²) in [5.74, 6) is 1.05. The maximum absolute atomic E-state index is 13.2. The smallest absolute Gasteiger partial charge is 0.395 e. The van der Waals surface area contributed by atoms with E-state index in [4.69, 9.17) is 0 Å². The molecule has 23 heavy (non-hydrogen) atoms. The summed E-state index contributed by atoms with van der Waals surface area (Å²) >= 11 is 0. The van der Waals surface area contributed by atoms with E-state index in [1.165, 1.54) is 12.8 Å². The standard InChI is InChI=1S/C16H20F2N2O2.ClH/c17-16(18)21-14-4-3-12(10-15(14)22-16)13(9-11-1-2-11)20-7-5-19-6-8-20;/h3-4,10-11,13,19H,1-2,5-9H2;1H/t13-;/m0./s1. The van der Waals surface area contributed by atoms with Crippen LogP contribution in [-0.4, -0.2) is 37.4 Å². The first-order valence-electron chi connectivity index (χ1n) is 7.95. The third-order valence-electron chi connectivity index (χ3n) is 4.66. The third kappa shape index (κ3) is 3.70. The van der Waals surface area contributed by atoms with Gasteiger partial charge in [-0.1, -0.05) is 18.9 Å². The van der Waals surface area contributed by atoms with Gasteiger partial charge in [0.05, 0.1) is 0 Å². The van der Waals surface area contributed by atoms with Crippen molar-refractivity contribution in [3.05, 3.63) is 23.8 Å². The summed E-state index contributed by atoms with van der Waals surface area (Å²) in [6, 6.07) is 5.51. The van der Waals surface area contributed by atoms with Gasteiger partial charge < -0.3 is 14.8 Å². The number of rotatable bonds is 4. The molecule has 1 aromatic carbocycles. The van der Waals surface area contributed by atoms with Gasteiger partial charge in [-0.05, 0) is 30.0 Å². The molecular formula is C16H21ClF2N2O2. The molecule has 2 heterocycles. The number of fused-ring (bicyclic) bond motifs is 1. The van der Waals surface area contributed by atoms with Gasteiger partial charge in [-0.3, -0.25) is 4.90 Å².